The quantitative estimate of drug-likeness (QED) is 0.250. The summed E-state index contributed by atoms with van der Waals surface area (Å²) in [5.74, 6) is 0. The molecule has 0 aromatic rings. The Hall–Kier alpha value is 2.10. The van der Waals surface area contributed by atoms with Crippen LogP contribution in [0.25, 0.3) is 0 Å². The van der Waals surface area contributed by atoms with Gasteiger partial charge in [0.1, 0.15) is 0 Å². The van der Waals surface area contributed by atoms with E-state index in [9.17, 15) is 0 Å². The normalized spacial score (nSPS) is 3.00. The number of rotatable bonds is 0. The maximum atomic E-state index is 3.22. The molecule has 0 bridgehead atoms. The van der Waals surface area contributed by atoms with Crippen LogP contribution in [0.3, 0.4) is 0 Å². The SMILES string of the molecule is SS.SS.SS. The van der Waals surface area contributed by atoms with Gasteiger partial charge >= 0.3 is 0 Å². The first-order chi connectivity index (χ1) is 3.00. The van der Waals surface area contributed by atoms with Crippen molar-refractivity contribution in [1.29, 1.82) is 0 Å². The Morgan fingerprint density at radius 3 is 0.333 bits per heavy atom. The molecule has 0 fully saturated rings. The van der Waals surface area contributed by atoms with Gasteiger partial charge in [0, 0.05) is 0 Å². The van der Waals surface area contributed by atoms with Crippen LogP contribution in [0.5, 0.6) is 0 Å². The van der Waals surface area contributed by atoms with Gasteiger partial charge in [-0.05, 0) is 0 Å². The molecule has 0 rings (SSSR count). The highest BCUT2D eigenvalue weighted by atomic mass is 33.1. The average molecular weight is 198 g/mol. The van der Waals surface area contributed by atoms with Gasteiger partial charge in [0.25, 0.3) is 0 Å². The third kappa shape index (κ3) is 36.0. The molecule has 0 aromatic heterocycles. The standard InChI is InChI=1S/3H2S2/c3*1-2/h3*1-2H. The number of hydrogen-bond donors (Lipinski definition) is 6. The number of thiol groups is 6. The lowest BCUT2D eigenvalue weighted by Gasteiger charge is -1.11. The molecule has 0 aliphatic carbocycles. The van der Waals surface area contributed by atoms with Crippen molar-refractivity contribution in [3.63, 3.8) is 0 Å². The van der Waals surface area contributed by atoms with E-state index in [1.807, 2.05) is 0 Å². The molecule has 0 saturated heterocycles. The topological polar surface area (TPSA) is 0 Å². The molecule has 0 aliphatic heterocycles. The molecule has 0 N–H and O–H groups in total. The molecule has 0 saturated carbocycles. The lowest BCUT2D eigenvalue weighted by molar-refractivity contribution is 6.59. The van der Waals surface area contributed by atoms with Crippen molar-refractivity contribution in [1.82, 2.24) is 0 Å². The van der Waals surface area contributed by atoms with Crippen molar-refractivity contribution in [3.05, 3.63) is 0 Å². The molecule has 0 aliphatic rings. The largest absolute Gasteiger partial charge is 0.115 e. The first-order valence-corrected chi connectivity index (χ1v) is 5.40. The fourth-order valence-corrected chi connectivity index (χ4v) is 0. The van der Waals surface area contributed by atoms with Gasteiger partial charge in [0.05, 0.1) is 0 Å². The fraction of sp³-hybridized carbons (Fsp3) is 0. The second kappa shape index (κ2) is 59.9. The maximum absolute atomic E-state index is 3.22. The molecule has 42 valence electrons. The van der Waals surface area contributed by atoms with Crippen molar-refractivity contribution in [2.75, 3.05) is 0 Å². The molecule has 0 amide bonds. The van der Waals surface area contributed by atoms with E-state index in [2.05, 4.69) is 70.0 Å². The molecular weight excluding hydrogens is 192 g/mol. The highest BCUT2D eigenvalue weighted by Crippen LogP contribution is 1.65. The summed E-state index contributed by atoms with van der Waals surface area (Å²) in [5, 5.41) is 0. The summed E-state index contributed by atoms with van der Waals surface area (Å²) in [7, 11) is 0. The highest BCUT2D eigenvalue weighted by Gasteiger charge is 0.889. The predicted molar refractivity (Wildman–Crippen MR) is 53.9 cm³/mol. The second-order valence-electron chi connectivity index (χ2n) is 0. The minimum atomic E-state index is 3.22. The summed E-state index contributed by atoms with van der Waals surface area (Å²) >= 11 is 19.3. The Labute approximate surface area is 69.5 Å². The van der Waals surface area contributed by atoms with Crippen LogP contribution in [-0.2, 0) is 0 Å². The summed E-state index contributed by atoms with van der Waals surface area (Å²) < 4.78 is 0. The first kappa shape index (κ1) is 15.7. The third-order valence-corrected chi connectivity index (χ3v) is 0. The van der Waals surface area contributed by atoms with Crippen LogP contribution in [0.15, 0.2) is 0 Å². The van der Waals surface area contributed by atoms with Crippen molar-refractivity contribution >= 4 is 70.0 Å². The molecule has 0 aromatic carbocycles. The average Bonchev–Trinajstić information content (AvgIpc) is 1.81. The highest BCUT2D eigenvalue weighted by molar-refractivity contribution is 8.59. The minimum Gasteiger partial charge on any atom is -0.115 e. The van der Waals surface area contributed by atoms with E-state index >= 15 is 0 Å². The molecule has 0 spiro atoms. The zero-order valence-corrected chi connectivity index (χ0v) is 8.05. The zero-order chi connectivity index (χ0) is 6.00. The minimum absolute atomic E-state index is 3.22. The van der Waals surface area contributed by atoms with E-state index in [0.717, 1.165) is 0 Å². The van der Waals surface area contributed by atoms with Gasteiger partial charge < -0.3 is 0 Å². The summed E-state index contributed by atoms with van der Waals surface area (Å²) in [5.41, 5.74) is 0. The Morgan fingerprint density at radius 2 is 0.333 bits per heavy atom. The van der Waals surface area contributed by atoms with E-state index in [4.69, 9.17) is 0 Å². The molecule has 6 heavy (non-hydrogen) atoms. The zero-order valence-electron chi connectivity index (χ0n) is 2.68. The van der Waals surface area contributed by atoms with Crippen LogP contribution in [0.1, 0.15) is 0 Å². The summed E-state index contributed by atoms with van der Waals surface area (Å²) in [6.07, 6.45) is 0. The summed E-state index contributed by atoms with van der Waals surface area (Å²) in [6, 6.07) is 0. The van der Waals surface area contributed by atoms with Crippen LogP contribution in [0.4, 0.5) is 0 Å². The fourth-order valence-electron chi connectivity index (χ4n) is 0. The molecular formula is H6S6. The lowest BCUT2D eigenvalue weighted by Crippen LogP contribution is -0.352. The molecule has 0 radical (unpaired) electrons. The van der Waals surface area contributed by atoms with Crippen LogP contribution in [0, 0.1) is 0 Å². The molecule has 0 unspecified atom stereocenters. The van der Waals surface area contributed by atoms with Gasteiger partial charge in [-0.3, -0.25) is 0 Å². The van der Waals surface area contributed by atoms with Gasteiger partial charge in [0.2, 0.25) is 0 Å². The maximum Gasteiger partial charge on any atom is -0.115 e. The van der Waals surface area contributed by atoms with E-state index < -0.39 is 0 Å². The monoisotopic (exact) mass is 198 g/mol. The van der Waals surface area contributed by atoms with Crippen LogP contribution < -0.4 is 0 Å². The predicted octanol–water partition coefficient (Wildman–Crippen LogP) is 2.28. The lowest BCUT2D eigenvalue weighted by atomic mass is 31.1. The van der Waals surface area contributed by atoms with Crippen molar-refractivity contribution in [2.24, 2.45) is 0 Å². The summed E-state index contributed by atoms with van der Waals surface area (Å²) in [4.78, 5) is 0. The molecule has 0 heterocycles. The third-order valence-electron chi connectivity index (χ3n) is 0. The Bertz CT molecular complexity index is 0. The van der Waals surface area contributed by atoms with Crippen molar-refractivity contribution in [2.45, 2.75) is 0 Å². The van der Waals surface area contributed by atoms with Gasteiger partial charge in [-0.2, -0.15) is 0 Å². The van der Waals surface area contributed by atoms with Crippen LogP contribution in [0.2, 0.25) is 0 Å². The summed E-state index contributed by atoms with van der Waals surface area (Å²) in [6.45, 7) is 0. The van der Waals surface area contributed by atoms with Crippen molar-refractivity contribution in [3.8, 4) is 0 Å². The first-order valence-electron chi connectivity index (χ1n) is 0.600. The van der Waals surface area contributed by atoms with Gasteiger partial charge in [-0.15, -0.1) is 70.0 Å². The Balaban J connectivity index is -0.0000000225. The van der Waals surface area contributed by atoms with Crippen LogP contribution in [-0.4, -0.2) is 0 Å². The van der Waals surface area contributed by atoms with Crippen molar-refractivity contribution < 1.29 is 0 Å². The smallest absolute Gasteiger partial charge is 0.115 e. The van der Waals surface area contributed by atoms with Gasteiger partial charge in [-0.1, -0.05) is 0 Å². The molecule has 6 heteroatoms. The Morgan fingerprint density at radius 1 is 0.333 bits per heavy atom. The Kier molecular flexibility index (Phi) is 157. The van der Waals surface area contributed by atoms with Gasteiger partial charge in [0.15, 0.2) is 0 Å². The van der Waals surface area contributed by atoms with E-state index in [-0.39, 0.29) is 0 Å². The van der Waals surface area contributed by atoms with E-state index in [1.54, 1.807) is 0 Å². The number of hydrogen-bond acceptors (Lipinski definition) is 6. The molecule has 0 nitrogen and oxygen atoms in total. The van der Waals surface area contributed by atoms with E-state index in [1.165, 1.54) is 0 Å². The van der Waals surface area contributed by atoms with E-state index in [0.29, 0.717) is 0 Å². The van der Waals surface area contributed by atoms with Crippen LogP contribution >= 0.6 is 70.0 Å². The molecule has 0 atom stereocenters. The van der Waals surface area contributed by atoms with Gasteiger partial charge in [-0.25, -0.2) is 0 Å². The second-order valence-corrected chi connectivity index (χ2v) is 0.